The van der Waals surface area contributed by atoms with Gasteiger partial charge in [0.2, 0.25) is 15.9 Å². The van der Waals surface area contributed by atoms with Crippen molar-refractivity contribution in [3.8, 4) is 0 Å². The molecular formula is C20H24ClN3O4S. The molecule has 2 aromatic rings. The minimum atomic E-state index is -3.68. The topological polar surface area (TPSA) is 79.0 Å². The van der Waals surface area contributed by atoms with Crippen molar-refractivity contribution in [2.45, 2.75) is 13.0 Å². The summed E-state index contributed by atoms with van der Waals surface area (Å²) in [7, 11) is -3.68. The van der Waals surface area contributed by atoms with Crippen LogP contribution in [0.2, 0.25) is 5.02 Å². The third-order valence-electron chi connectivity index (χ3n) is 4.68. The minimum Gasteiger partial charge on any atom is -0.378 e. The van der Waals surface area contributed by atoms with Crippen LogP contribution >= 0.6 is 11.6 Å². The van der Waals surface area contributed by atoms with Crippen molar-refractivity contribution in [2.24, 2.45) is 0 Å². The summed E-state index contributed by atoms with van der Waals surface area (Å²) in [6.07, 6.45) is 1.07. The second kappa shape index (κ2) is 9.02. The predicted octanol–water partition coefficient (Wildman–Crippen LogP) is 2.97. The second-order valence-corrected chi connectivity index (χ2v) is 9.14. The van der Waals surface area contributed by atoms with Gasteiger partial charge in [-0.2, -0.15) is 0 Å². The fraction of sp³-hybridized carbons (Fsp3) is 0.350. The Morgan fingerprint density at radius 1 is 1.10 bits per heavy atom. The Morgan fingerprint density at radius 2 is 1.69 bits per heavy atom. The van der Waals surface area contributed by atoms with Crippen molar-refractivity contribution in [2.75, 3.05) is 47.1 Å². The van der Waals surface area contributed by atoms with E-state index in [1.807, 2.05) is 24.3 Å². The summed E-state index contributed by atoms with van der Waals surface area (Å²) in [5, 5.41) is 3.28. The van der Waals surface area contributed by atoms with Crippen LogP contribution in [0.15, 0.2) is 48.5 Å². The Hall–Kier alpha value is -2.29. The van der Waals surface area contributed by atoms with E-state index in [0.717, 1.165) is 29.3 Å². The highest BCUT2D eigenvalue weighted by Crippen LogP contribution is 2.24. The molecule has 1 amide bonds. The number of nitrogens with one attached hydrogen (secondary N) is 1. The van der Waals surface area contributed by atoms with Gasteiger partial charge in [-0.1, -0.05) is 11.6 Å². The molecule has 156 valence electrons. The van der Waals surface area contributed by atoms with Gasteiger partial charge in [-0.15, -0.1) is 0 Å². The first-order valence-electron chi connectivity index (χ1n) is 9.24. The summed E-state index contributed by atoms with van der Waals surface area (Å²) in [4.78, 5) is 15.0. The molecule has 1 N–H and O–H groups in total. The molecular weight excluding hydrogens is 414 g/mol. The zero-order valence-corrected chi connectivity index (χ0v) is 17.9. The number of sulfonamides is 1. The molecule has 7 nitrogen and oxygen atoms in total. The van der Waals surface area contributed by atoms with E-state index in [-0.39, 0.29) is 0 Å². The van der Waals surface area contributed by atoms with Gasteiger partial charge in [0.25, 0.3) is 0 Å². The first-order chi connectivity index (χ1) is 13.8. The first kappa shape index (κ1) is 21.4. The van der Waals surface area contributed by atoms with Gasteiger partial charge in [-0.25, -0.2) is 8.42 Å². The third-order valence-corrected chi connectivity index (χ3v) is 6.17. The van der Waals surface area contributed by atoms with Gasteiger partial charge in [-0.05, 0) is 55.5 Å². The van der Waals surface area contributed by atoms with E-state index in [1.54, 1.807) is 31.2 Å². The van der Waals surface area contributed by atoms with Crippen LogP contribution in [0.3, 0.4) is 0 Å². The Bertz CT molecular complexity index is 943. The summed E-state index contributed by atoms with van der Waals surface area (Å²) >= 11 is 5.89. The van der Waals surface area contributed by atoms with Crippen LogP contribution in [0.4, 0.5) is 17.1 Å². The van der Waals surface area contributed by atoms with Crippen LogP contribution in [-0.2, 0) is 19.6 Å². The van der Waals surface area contributed by atoms with E-state index >= 15 is 0 Å². The smallest absolute Gasteiger partial charge is 0.247 e. The summed E-state index contributed by atoms with van der Waals surface area (Å²) in [6.45, 7) is 4.59. The second-order valence-electron chi connectivity index (χ2n) is 6.85. The van der Waals surface area contributed by atoms with E-state index in [0.29, 0.717) is 29.6 Å². The van der Waals surface area contributed by atoms with E-state index < -0.39 is 22.0 Å². The molecule has 0 aromatic heterocycles. The van der Waals surface area contributed by atoms with Crippen molar-refractivity contribution in [3.05, 3.63) is 53.6 Å². The molecule has 3 rings (SSSR count). The lowest BCUT2D eigenvalue weighted by molar-refractivity contribution is -0.116. The standard InChI is InChI=1S/C20H24ClN3O4S/c1-15(24(29(2,26)27)19-7-3-16(21)4-8-19)20(25)22-17-5-9-18(10-6-17)23-11-13-28-14-12-23/h3-10,15H,11-14H2,1-2H3,(H,22,25)/t15-/m1/s1. The van der Waals surface area contributed by atoms with Crippen molar-refractivity contribution >= 4 is 44.6 Å². The number of morpholine rings is 1. The molecule has 1 aliphatic heterocycles. The van der Waals surface area contributed by atoms with E-state index in [1.165, 1.54) is 0 Å². The van der Waals surface area contributed by atoms with Crippen molar-refractivity contribution in [3.63, 3.8) is 0 Å². The van der Waals surface area contributed by atoms with Gasteiger partial charge in [-0.3, -0.25) is 9.10 Å². The van der Waals surface area contributed by atoms with Crippen molar-refractivity contribution < 1.29 is 17.9 Å². The molecule has 1 saturated heterocycles. The molecule has 0 aliphatic carbocycles. The predicted molar refractivity (Wildman–Crippen MR) is 116 cm³/mol. The number of hydrogen-bond donors (Lipinski definition) is 1. The molecule has 1 atom stereocenters. The van der Waals surface area contributed by atoms with Gasteiger partial charge in [0.1, 0.15) is 6.04 Å². The maximum absolute atomic E-state index is 12.8. The van der Waals surface area contributed by atoms with Gasteiger partial charge in [0.05, 0.1) is 25.2 Å². The molecule has 1 heterocycles. The van der Waals surface area contributed by atoms with Crippen LogP contribution in [0.25, 0.3) is 0 Å². The number of carbonyl (C=O) groups is 1. The van der Waals surface area contributed by atoms with Crippen molar-refractivity contribution in [1.82, 2.24) is 0 Å². The Kier molecular flexibility index (Phi) is 6.66. The molecule has 9 heteroatoms. The Labute approximate surface area is 176 Å². The summed E-state index contributed by atoms with van der Waals surface area (Å²) in [5.74, 6) is -0.426. The van der Waals surface area contributed by atoms with Crippen LogP contribution in [0.1, 0.15) is 6.92 Å². The van der Waals surface area contributed by atoms with E-state index in [9.17, 15) is 13.2 Å². The lowest BCUT2D eigenvalue weighted by atomic mass is 10.2. The average molecular weight is 438 g/mol. The number of carbonyl (C=O) groups excluding carboxylic acids is 1. The van der Waals surface area contributed by atoms with Crippen LogP contribution in [0.5, 0.6) is 0 Å². The van der Waals surface area contributed by atoms with Crippen LogP contribution < -0.4 is 14.5 Å². The first-order valence-corrected chi connectivity index (χ1v) is 11.5. The molecule has 2 aromatic carbocycles. The quantitative estimate of drug-likeness (QED) is 0.751. The summed E-state index contributed by atoms with van der Waals surface area (Å²) < 4.78 is 31.1. The van der Waals surface area contributed by atoms with Gasteiger partial charge < -0.3 is 15.0 Å². The molecule has 0 spiro atoms. The number of benzene rings is 2. The molecule has 0 radical (unpaired) electrons. The number of rotatable bonds is 6. The van der Waals surface area contributed by atoms with Gasteiger partial charge >= 0.3 is 0 Å². The highest BCUT2D eigenvalue weighted by molar-refractivity contribution is 7.92. The highest BCUT2D eigenvalue weighted by Gasteiger charge is 2.29. The van der Waals surface area contributed by atoms with Crippen LogP contribution in [0, 0.1) is 0 Å². The summed E-state index contributed by atoms with van der Waals surface area (Å²) in [5.41, 5.74) is 2.03. The maximum atomic E-state index is 12.8. The molecule has 29 heavy (non-hydrogen) atoms. The number of halogens is 1. The van der Waals surface area contributed by atoms with Gasteiger partial charge in [0.15, 0.2) is 0 Å². The molecule has 1 aliphatic rings. The highest BCUT2D eigenvalue weighted by atomic mass is 35.5. The number of ether oxygens (including phenoxy) is 1. The van der Waals surface area contributed by atoms with Crippen molar-refractivity contribution in [1.29, 1.82) is 0 Å². The molecule has 0 unspecified atom stereocenters. The third kappa shape index (κ3) is 5.41. The lowest BCUT2D eigenvalue weighted by Gasteiger charge is -2.29. The largest absolute Gasteiger partial charge is 0.378 e. The Balaban J connectivity index is 1.73. The number of hydrogen-bond acceptors (Lipinski definition) is 5. The number of nitrogens with zero attached hydrogens (tertiary/aromatic N) is 2. The molecule has 1 fully saturated rings. The fourth-order valence-electron chi connectivity index (χ4n) is 3.22. The normalized spacial score (nSPS) is 15.6. The fourth-order valence-corrected chi connectivity index (χ4v) is 4.52. The zero-order valence-electron chi connectivity index (χ0n) is 16.3. The molecule has 0 saturated carbocycles. The SMILES string of the molecule is C[C@H](C(=O)Nc1ccc(N2CCOCC2)cc1)N(c1ccc(Cl)cc1)S(C)(=O)=O. The maximum Gasteiger partial charge on any atom is 0.247 e. The van der Waals surface area contributed by atoms with Crippen LogP contribution in [-0.4, -0.2) is 52.9 Å². The number of amides is 1. The molecule has 0 bridgehead atoms. The monoisotopic (exact) mass is 437 g/mol. The number of anilines is 3. The van der Waals surface area contributed by atoms with E-state index in [2.05, 4.69) is 10.2 Å². The van der Waals surface area contributed by atoms with E-state index in [4.69, 9.17) is 16.3 Å². The Morgan fingerprint density at radius 3 is 2.24 bits per heavy atom. The summed E-state index contributed by atoms with van der Waals surface area (Å²) in [6, 6.07) is 12.9. The lowest BCUT2D eigenvalue weighted by Crippen LogP contribution is -2.45. The minimum absolute atomic E-state index is 0.377. The zero-order chi connectivity index (χ0) is 21.0. The van der Waals surface area contributed by atoms with Gasteiger partial charge in [0, 0.05) is 29.5 Å². The average Bonchev–Trinajstić information content (AvgIpc) is 2.70.